The normalized spacial score (nSPS) is 19.7. The lowest BCUT2D eigenvalue weighted by Gasteiger charge is -2.39. The summed E-state index contributed by atoms with van der Waals surface area (Å²) in [7, 11) is 0. The molecule has 6 heteroatoms. The van der Waals surface area contributed by atoms with Crippen LogP contribution in [0.15, 0.2) is 24.3 Å². The number of imide groups is 1. The average Bonchev–Trinajstić information content (AvgIpc) is 3.38. The fraction of sp³-hybridized carbons (Fsp3) is 0.556. The summed E-state index contributed by atoms with van der Waals surface area (Å²) in [6.07, 6.45) is 2.02. The Labute approximate surface area is 143 Å². The molecule has 2 aliphatic rings. The summed E-state index contributed by atoms with van der Waals surface area (Å²) >= 11 is 0. The van der Waals surface area contributed by atoms with Crippen LogP contribution in [0.3, 0.4) is 0 Å². The Kier molecular flexibility index (Phi) is 5.04. The molecule has 1 atom stereocenters. The number of benzene rings is 1. The van der Waals surface area contributed by atoms with E-state index in [4.69, 9.17) is 0 Å². The minimum Gasteiger partial charge on any atom is -0.369 e. The third-order valence-electron chi connectivity index (χ3n) is 4.85. The maximum Gasteiger partial charge on any atom is 0.321 e. The average molecular weight is 330 g/mol. The summed E-state index contributed by atoms with van der Waals surface area (Å²) in [5.74, 6) is -0.225. The highest BCUT2D eigenvalue weighted by molar-refractivity contribution is 5.97. The van der Waals surface area contributed by atoms with Gasteiger partial charge in [-0.15, -0.1) is 0 Å². The van der Waals surface area contributed by atoms with Crippen molar-refractivity contribution in [1.82, 2.24) is 15.5 Å². The molecule has 1 heterocycles. The number of nitrogens with zero attached hydrogens (tertiary/aromatic N) is 2. The van der Waals surface area contributed by atoms with Crippen LogP contribution in [0.25, 0.3) is 0 Å². The Morgan fingerprint density at radius 1 is 1.12 bits per heavy atom. The Bertz CT molecular complexity index is 607. The molecule has 24 heavy (non-hydrogen) atoms. The zero-order chi connectivity index (χ0) is 17.1. The van der Waals surface area contributed by atoms with E-state index in [2.05, 4.69) is 45.6 Å². The van der Waals surface area contributed by atoms with Crippen molar-refractivity contribution in [1.29, 1.82) is 0 Å². The first-order chi connectivity index (χ1) is 11.5. The molecule has 130 valence electrons. The van der Waals surface area contributed by atoms with E-state index in [9.17, 15) is 9.59 Å². The van der Waals surface area contributed by atoms with E-state index in [1.165, 1.54) is 11.3 Å². The quantitative estimate of drug-likeness (QED) is 0.878. The summed E-state index contributed by atoms with van der Waals surface area (Å²) in [4.78, 5) is 28.4. The predicted octanol–water partition coefficient (Wildman–Crippen LogP) is 1.49. The highest BCUT2D eigenvalue weighted by Gasteiger charge is 2.28. The first-order valence-electron chi connectivity index (χ1n) is 8.70. The number of anilines is 1. The number of amides is 3. The van der Waals surface area contributed by atoms with Gasteiger partial charge in [0.1, 0.15) is 0 Å². The van der Waals surface area contributed by atoms with Crippen molar-refractivity contribution < 1.29 is 9.59 Å². The summed E-state index contributed by atoms with van der Waals surface area (Å²) in [6.45, 7) is 7.38. The van der Waals surface area contributed by atoms with Crippen molar-refractivity contribution in [2.75, 3.05) is 31.1 Å². The first-order valence-corrected chi connectivity index (χ1v) is 8.70. The smallest absolute Gasteiger partial charge is 0.321 e. The maximum absolute atomic E-state index is 12.2. The van der Waals surface area contributed by atoms with Crippen LogP contribution < -0.4 is 15.5 Å². The molecular formula is C18H26N4O2. The zero-order valence-corrected chi connectivity index (χ0v) is 14.4. The Morgan fingerprint density at radius 3 is 2.42 bits per heavy atom. The fourth-order valence-electron chi connectivity index (χ4n) is 3.10. The highest BCUT2D eigenvalue weighted by atomic mass is 16.2. The molecule has 0 radical (unpaired) electrons. The SMILES string of the molecule is Cc1ccccc1N1CCN(C(C)C(=O)NC(=O)NC2CC2)CC1. The molecule has 6 nitrogen and oxygen atoms in total. The third kappa shape index (κ3) is 4.06. The molecule has 1 aromatic rings. The minimum absolute atomic E-state index is 0.225. The number of urea groups is 1. The second-order valence-electron chi connectivity index (χ2n) is 6.72. The van der Waals surface area contributed by atoms with Crippen LogP contribution in [-0.4, -0.2) is 55.1 Å². The number of nitrogens with one attached hydrogen (secondary N) is 2. The van der Waals surface area contributed by atoms with Gasteiger partial charge in [0.2, 0.25) is 5.91 Å². The van der Waals surface area contributed by atoms with Gasteiger partial charge in [-0.3, -0.25) is 15.0 Å². The van der Waals surface area contributed by atoms with Gasteiger partial charge in [-0.1, -0.05) is 18.2 Å². The van der Waals surface area contributed by atoms with E-state index in [0.29, 0.717) is 0 Å². The van der Waals surface area contributed by atoms with E-state index >= 15 is 0 Å². The predicted molar refractivity (Wildman–Crippen MR) is 94.1 cm³/mol. The molecule has 2 N–H and O–H groups in total. The van der Waals surface area contributed by atoms with Crippen molar-refractivity contribution in [3.8, 4) is 0 Å². The number of carbonyl (C=O) groups is 2. The van der Waals surface area contributed by atoms with Crippen molar-refractivity contribution in [2.24, 2.45) is 0 Å². The minimum atomic E-state index is -0.368. The number of rotatable bonds is 4. The molecule has 1 aliphatic carbocycles. The van der Waals surface area contributed by atoms with Crippen LogP contribution in [-0.2, 0) is 4.79 Å². The molecule has 1 aliphatic heterocycles. The third-order valence-corrected chi connectivity index (χ3v) is 4.85. The summed E-state index contributed by atoms with van der Waals surface area (Å²) in [6, 6.07) is 7.96. The lowest BCUT2D eigenvalue weighted by Crippen LogP contribution is -2.55. The molecule has 3 rings (SSSR count). The molecule has 1 saturated heterocycles. The molecule has 1 aromatic carbocycles. The van der Waals surface area contributed by atoms with Gasteiger partial charge in [-0.2, -0.15) is 0 Å². The monoisotopic (exact) mass is 330 g/mol. The molecule has 0 spiro atoms. The fourth-order valence-corrected chi connectivity index (χ4v) is 3.10. The van der Waals surface area contributed by atoms with Crippen LogP contribution in [0, 0.1) is 6.92 Å². The standard InChI is InChI=1S/C18H26N4O2/c1-13-5-3-4-6-16(13)22-11-9-21(10-12-22)14(2)17(23)20-18(24)19-15-7-8-15/h3-6,14-15H,7-12H2,1-2H3,(H2,19,20,23,24). The van der Waals surface area contributed by atoms with Crippen LogP contribution in [0.5, 0.6) is 0 Å². The Hall–Kier alpha value is -2.08. The Balaban J connectivity index is 1.49. The van der Waals surface area contributed by atoms with Crippen LogP contribution in [0.4, 0.5) is 10.5 Å². The van der Waals surface area contributed by atoms with Gasteiger partial charge in [0.25, 0.3) is 0 Å². The molecular weight excluding hydrogens is 304 g/mol. The number of hydrogen-bond acceptors (Lipinski definition) is 4. The van der Waals surface area contributed by atoms with Gasteiger partial charge in [0.15, 0.2) is 0 Å². The largest absolute Gasteiger partial charge is 0.369 e. The number of carbonyl (C=O) groups excluding carboxylic acids is 2. The highest BCUT2D eigenvalue weighted by Crippen LogP contribution is 2.21. The lowest BCUT2D eigenvalue weighted by atomic mass is 10.1. The van der Waals surface area contributed by atoms with Gasteiger partial charge < -0.3 is 10.2 Å². The van der Waals surface area contributed by atoms with Crippen molar-refractivity contribution in [3.63, 3.8) is 0 Å². The lowest BCUT2D eigenvalue weighted by molar-refractivity contribution is -0.124. The summed E-state index contributed by atoms with van der Waals surface area (Å²) in [5.41, 5.74) is 2.53. The number of para-hydroxylation sites is 1. The van der Waals surface area contributed by atoms with Gasteiger partial charge >= 0.3 is 6.03 Å². The maximum atomic E-state index is 12.2. The van der Waals surface area contributed by atoms with Gasteiger partial charge in [0, 0.05) is 37.9 Å². The second-order valence-corrected chi connectivity index (χ2v) is 6.72. The zero-order valence-electron chi connectivity index (χ0n) is 14.4. The van der Waals surface area contributed by atoms with E-state index in [1.807, 2.05) is 13.0 Å². The number of aryl methyl sites for hydroxylation is 1. The molecule has 3 amide bonds. The van der Waals surface area contributed by atoms with E-state index in [0.717, 1.165) is 39.0 Å². The van der Waals surface area contributed by atoms with E-state index in [1.54, 1.807) is 0 Å². The van der Waals surface area contributed by atoms with Crippen molar-refractivity contribution >= 4 is 17.6 Å². The van der Waals surface area contributed by atoms with E-state index in [-0.39, 0.29) is 24.0 Å². The second kappa shape index (κ2) is 7.21. The topological polar surface area (TPSA) is 64.7 Å². The van der Waals surface area contributed by atoms with Crippen molar-refractivity contribution in [2.45, 2.75) is 38.8 Å². The summed E-state index contributed by atoms with van der Waals surface area (Å²) < 4.78 is 0. The molecule has 0 bridgehead atoms. The number of hydrogen-bond donors (Lipinski definition) is 2. The molecule has 1 unspecified atom stereocenters. The summed E-state index contributed by atoms with van der Waals surface area (Å²) in [5, 5.41) is 5.24. The van der Waals surface area contributed by atoms with Gasteiger partial charge in [0.05, 0.1) is 6.04 Å². The molecule has 1 saturated carbocycles. The van der Waals surface area contributed by atoms with Crippen LogP contribution in [0.1, 0.15) is 25.3 Å². The molecule has 2 fully saturated rings. The van der Waals surface area contributed by atoms with Gasteiger partial charge in [-0.25, -0.2) is 4.79 Å². The van der Waals surface area contributed by atoms with Crippen LogP contribution in [0.2, 0.25) is 0 Å². The van der Waals surface area contributed by atoms with E-state index < -0.39 is 0 Å². The van der Waals surface area contributed by atoms with Crippen LogP contribution >= 0.6 is 0 Å². The Morgan fingerprint density at radius 2 is 1.79 bits per heavy atom. The first kappa shape index (κ1) is 16.8. The van der Waals surface area contributed by atoms with Crippen molar-refractivity contribution in [3.05, 3.63) is 29.8 Å². The number of piperazine rings is 1. The van der Waals surface area contributed by atoms with Gasteiger partial charge in [-0.05, 0) is 38.3 Å². The molecule has 0 aromatic heterocycles.